The average Bonchev–Trinajstić information content (AvgIpc) is 3.07. The Hall–Kier alpha value is -5.11. The van der Waals surface area contributed by atoms with Crippen LogP contribution < -0.4 is 0 Å². The number of hydrogen-bond acceptors (Lipinski definition) is 1. The Morgan fingerprint density at radius 3 is 1.74 bits per heavy atom. The number of rotatable bonds is 2. The topological polar surface area (TPSA) is 0 Å². The van der Waals surface area contributed by atoms with Crippen LogP contribution in [-0.4, -0.2) is 0 Å². The first-order valence-electron chi connectivity index (χ1n) is 14.8. The molecule has 0 radical (unpaired) electrons. The lowest BCUT2D eigenvalue weighted by molar-refractivity contribution is 1.40. The summed E-state index contributed by atoms with van der Waals surface area (Å²) in [6, 6.07) is 54.3. The van der Waals surface area contributed by atoms with E-state index in [1.165, 1.54) is 97.0 Å². The Morgan fingerprint density at radius 1 is 0.302 bits per heavy atom. The number of hydrogen-bond donors (Lipinski definition) is 0. The van der Waals surface area contributed by atoms with Crippen molar-refractivity contribution < 1.29 is 0 Å². The largest absolute Gasteiger partial charge is 0.0888 e. The molecule has 9 aromatic carbocycles. The summed E-state index contributed by atoms with van der Waals surface area (Å²) in [6.45, 7) is 0. The molecule has 0 fully saturated rings. The average molecular weight is 561 g/mol. The molecular weight excluding hydrogens is 537 g/mol. The highest BCUT2D eigenvalue weighted by Gasteiger charge is 2.20. The van der Waals surface area contributed by atoms with Crippen molar-refractivity contribution in [3.8, 4) is 33.4 Å². The normalized spacial score (nSPS) is 12.6. The van der Waals surface area contributed by atoms with E-state index in [1.807, 2.05) is 11.8 Å². The Kier molecular flexibility index (Phi) is 4.75. The van der Waals surface area contributed by atoms with Crippen molar-refractivity contribution in [2.24, 2.45) is 0 Å². The van der Waals surface area contributed by atoms with Crippen LogP contribution in [0, 0.1) is 0 Å². The molecule has 1 aliphatic heterocycles. The summed E-state index contributed by atoms with van der Waals surface area (Å²) in [5, 5.41) is 13.2. The van der Waals surface area contributed by atoms with Gasteiger partial charge in [0.05, 0.1) is 0 Å². The molecule has 0 aliphatic carbocycles. The molecule has 43 heavy (non-hydrogen) atoms. The van der Waals surface area contributed by atoms with Gasteiger partial charge in [0, 0.05) is 15.2 Å². The second-order valence-corrected chi connectivity index (χ2v) is 12.7. The predicted octanol–water partition coefficient (Wildman–Crippen LogP) is 12.4. The molecule has 0 amide bonds. The lowest BCUT2D eigenvalue weighted by Crippen LogP contribution is -1.94. The SMILES string of the molecule is c1cc2c3c(cccc3c1)-c1cc(-c3ccc(-c4ccc5ccc6cccc7ccc4c5c67)c4ccccc34)ccc1S2. The van der Waals surface area contributed by atoms with E-state index in [-0.39, 0.29) is 0 Å². The van der Waals surface area contributed by atoms with Crippen molar-refractivity contribution >= 4 is 65.6 Å². The number of fused-ring (bicyclic) bond motifs is 3. The van der Waals surface area contributed by atoms with Crippen LogP contribution in [0.1, 0.15) is 0 Å². The molecule has 0 aromatic heterocycles. The first-order chi connectivity index (χ1) is 21.3. The summed E-state index contributed by atoms with van der Waals surface area (Å²) in [7, 11) is 0. The zero-order valence-corrected chi connectivity index (χ0v) is 24.1. The third-order valence-electron chi connectivity index (χ3n) is 9.41. The Labute approximate surface area is 253 Å². The lowest BCUT2D eigenvalue weighted by Gasteiger charge is -2.21. The third kappa shape index (κ3) is 3.29. The Morgan fingerprint density at radius 2 is 0.907 bits per heavy atom. The summed E-state index contributed by atoms with van der Waals surface area (Å²) in [5.74, 6) is 0. The molecule has 1 aliphatic rings. The molecule has 0 nitrogen and oxygen atoms in total. The summed E-state index contributed by atoms with van der Waals surface area (Å²) in [4.78, 5) is 2.67. The summed E-state index contributed by atoms with van der Waals surface area (Å²) >= 11 is 1.89. The van der Waals surface area contributed by atoms with Gasteiger partial charge in [-0.05, 0) is 100 Å². The monoisotopic (exact) mass is 560 g/mol. The molecule has 1 heteroatoms. The van der Waals surface area contributed by atoms with E-state index in [0.717, 1.165) is 0 Å². The van der Waals surface area contributed by atoms with Crippen LogP contribution in [0.2, 0.25) is 0 Å². The van der Waals surface area contributed by atoms with Crippen LogP contribution in [0.25, 0.3) is 87.2 Å². The molecule has 1 heterocycles. The summed E-state index contributed by atoms with van der Waals surface area (Å²) in [6.07, 6.45) is 0. The van der Waals surface area contributed by atoms with E-state index in [2.05, 4.69) is 146 Å². The van der Waals surface area contributed by atoms with Gasteiger partial charge < -0.3 is 0 Å². The molecule has 0 saturated carbocycles. The zero-order valence-electron chi connectivity index (χ0n) is 23.3. The van der Waals surface area contributed by atoms with Crippen LogP contribution in [0.4, 0.5) is 0 Å². The van der Waals surface area contributed by atoms with Crippen LogP contribution >= 0.6 is 11.8 Å². The molecule has 198 valence electrons. The fraction of sp³-hybridized carbons (Fsp3) is 0. The van der Waals surface area contributed by atoms with Gasteiger partial charge in [0.2, 0.25) is 0 Å². The first kappa shape index (κ1) is 23.5. The second kappa shape index (κ2) is 8.70. The van der Waals surface area contributed by atoms with Gasteiger partial charge in [0.1, 0.15) is 0 Å². The maximum atomic E-state index is 2.41. The molecule has 0 atom stereocenters. The maximum absolute atomic E-state index is 2.41. The minimum absolute atomic E-state index is 1.26. The van der Waals surface area contributed by atoms with Crippen molar-refractivity contribution in [3.63, 3.8) is 0 Å². The van der Waals surface area contributed by atoms with Gasteiger partial charge in [-0.2, -0.15) is 0 Å². The third-order valence-corrected chi connectivity index (χ3v) is 10.5. The van der Waals surface area contributed by atoms with Crippen molar-refractivity contribution in [2.75, 3.05) is 0 Å². The van der Waals surface area contributed by atoms with Gasteiger partial charge in [0.15, 0.2) is 0 Å². The van der Waals surface area contributed by atoms with Gasteiger partial charge in [-0.1, -0.05) is 139 Å². The zero-order chi connectivity index (χ0) is 28.1. The second-order valence-electron chi connectivity index (χ2n) is 11.6. The van der Waals surface area contributed by atoms with Gasteiger partial charge in [-0.3, -0.25) is 0 Å². The van der Waals surface area contributed by atoms with Crippen molar-refractivity contribution in [2.45, 2.75) is 9.79 Å². The van der Waals surface area contributed by atoms with E-state index in [1.54, 1.807) is 0 Å². The molecule has 0 unspecified atom stereocenters. The van der Waals surface area contributed by atoms with Crippen LogP contribution in [0.5, 0.6) is 0 Å². The van der Waals surface area contributed by atoms with E-state index >= 15 is 0 Å². The molecule has 10 rings (SSSR count). The minimum Gasteiger partial charge on any atom is -0.0888 e. The molecule has 0 spiro atoms. The fourth-order valence-corrected chi connectivity index (χ4v) is 8.62. The van der Waals surface area contributed by atoms with Crippen molar-refractivity contribution in [3.05, 3.63) is 146 Å². The van der Waals surface area contributed by atoms with E-state index in [9.17, 15) is 0 Å². The van der Waals surface area contributed by atoms with Crippen molar-refractivity contribution in [1.82, 2.24) is 0 Å². The smallest absolute Gasteiger partial charge is 0.0207 e. The van der Waals surface area contributed by atoms with Crippen LogP contribution in [0.3, 0.4) is 0 Å². The minimum atomic E-state index is 1.26. The van der Waals surface area contributed by atoms with E-state index < -0.39 is 0 Å². The molecular formula is C42H24S. The van der Waals surface area contributed by atoms with Gasteiger partial charge in [0.25, 0.3) is 0 Å². The van der Waals surface area contributed by atoms with E-state index in [0.29, 0.717) is 0 Å². The predicted molar refractivity (Wildman–Crippen MR) is 186 cm³/mol. The Balaban J connectivity index is 1.20. The van der Waals surface area contributed by atoms with Gasteiger partial charge >= 0.3 is 0 Å². The quantitative estimate of drug-likeness (QED) is 0.190. The molecule has 0 bridgehead atoms. The van der Waals surface area contributed by atoms with Gasteiger partial charge in [-0.15, -0.1) is 0 Å². The van der Waals surface area contributed by atoms with Gasteiger partial charge in [-0.25, -0.2) is 0 Å². The number of benzene rings is 9. The highest BCUT2D eigenvalue weighted by Crippen LogP contribution is 2.49. The lowest BCUT2D eigenvalue weighted by atomic mass is 9.86. The van der Waals surface area contributed by atoms with Crippen LogP contribution in [0.15, 0.2) is 155 Å². The maximum Gasteiger partial charge on any atom is 0.0207 e. The first-order valence-corrected chi connectivity index (χ1v) is 15.7. The highest BCUT2D eigenvalue weighted by molar-refractivity contribution is 7.99. The summed E-state index contributed by atoms with van der Waals surface area (Å²) < 4.78 is 0. The summed E-state index contributed by atoms with van der Waals surface area (Å²) in [5.41, 5.74) is 7.76. The highest BCUT2D eigenvalue weighted by atomic mass is 32.2. The fourth-order valence-electron chi connectivity index (χ4n) is 7.49. The van der Waals surface area contributed by atoms with Crippen LogP contribution in [-0.2, 0) is 0 Å². The molecule has 0 saturated heterocycles. The molecule has 9 aromatic rings. The van der Waals surface area contributed by atoms with E-state index in [4.69, 9.17) is 0 Å². The molecule has 0 N–H and O–H groups in total. The van der Waals surface area contributed by atoms with Crippen molar-refractivity contribution in [1.29, 1.82) is 0 Å². The Bertz CT molecular complexity index is 2570. The standard InChI is InChI=1S/C42H24S/c1-2-11-32-31(10-1)30(29-18-23-38-37(24-29)35-12-4-8-25-9-5-13-39(43-38)41(25)35)21-22-33(32)34-19-16-28-15-14-26-6-3-7-27-17-20-36(34)42(28)40(26)27/h1-24H.